The first-order valence-electron chi connectivity index (χ1n) is 6.21. The second kappa shape index (κ2) is 5.88. The Morgan fingerprint density at radius 3 is 2.48 bits per heavy atom. The van der Waals surface area contributed by atoms with Crippen molar-refractivity contribution in [2.75, 3.05) is 13.1 Å². The fourth-order valence-corrected chi connectivity index (χ4v) is 3.83. The maximum atomic E-state index is 13.7. The standard InChI is InChI=1S/C12H14ClFN2O4S/c13-11-9(12(17)18)5-8(6-10(11)14)21(19,20)16-3-1-7(15)2-4-16/h5-7H,1-4,15H2,(H,17,18). The third-order valence-electron chi connectivity index (χ3n) is 3.37. The van der Waals surface area contributed by atoms with Crippen LogP contribution in [-0.2, 0) is 10.0 Å². The van der Waals surface area contributed by atoms with E-state index in [-0.39, 0.29) is 19.1 Å². The van der Waals surface area contributed by atoms with Crippen LogP contribution in [0.25, 0.3) is 0 Å². The third kappa shape index (κ3) is 3.18. The zero-order valence-electron chi connectivity index (χ0n) is 10.9. The summed E-state index contributed by atoms with van der Waals surface area (Å²) >= 11 is 5.53. The van der Waals surface area contributed by atoms with Crippen molar-refractivity contribution in [3.05, 3.63) is 28.5 Å². The maximum Gasteiger partial charge on any atom is 0.337 e. The van der Waals surface area contributed by atoms with Gasteiger partial charge in [-0.25, -0.2) is 17.6 Å². The Bertz CT molecular complexity index is 672. The van der Waals surface area contributed by atoms with Gasteiger partial charge in [0.1, 0.15) is 5.82 Å². The van der Waals surface area contributed by atoms with Crippen LogP contribution in [0.4, 0.5) is 4.39 Å². The predicted molar refractivity (Wildman–Crippen MR) is 74.3 cm³/mol. The third-order valence-corrected chi connectivity index (χ3v) is 5.63. The second-order valence-corrected chi connectivity index (χ2v) is 7.13. The van der Waals surface area contributed by atoms with Crippen molar-refractivity contribution in [1.82, 2.24) is 4.31 Å². The Kier molecular flexibility index (Phi) is 4.52. The first-order chi connectivity index (χ1) is 9.73. The van der Waals surface area contributed by atoms with E-state index in [1.807, 2.05) is 0 Å². The Morgan fingerprint density at radius 2 is 1.95 bits per heavy atom. The van der Waals surface area contributed by atoms with Crippen LogP contribution in [0.15, 0.2) is 17.0 Å². The number of hydrogen-bond acceptors (Lipinski definition) is 4. The number of halogens is 2. The van der Waals surface area contributed by atoms with Crippen LogP contribution in [0, 0.1) is 5.82 Å². The molecule has 1 heterocycles. The highest BCUT2D eigenvalue weighted by Crippen LogP contribution is 2.27. The van der Waals surface area contributed by atoms with Crippen LogP contribution in [0.5, 0.6) is 0 Å². The maximum absolute atomic E-state index is 13.7. The van der Waals surface area contributed by atoms with Crippen LogP contribution in [0.2, 0.25) is 5.02 Å². The molecule has 116 valence electrons. The lowest BCUT2D eigenvalue weighted by molar-refractivity contribution is 0.0696. The van der Waals surface area contributed by atoms with E-state index in [1.54, 1.807) is 0 Å². The predicted octanol–water partition coefficient (Wildman–Crippen LogP) is 1.29. The summed E-state index contributed by atoms with van der Waals surface area (Å²) in [6.07, 6.45) is 1.00. The Labute approximate surface area is 126 Å². The summed E-state index contributed by atoms with van der Waals surface area (Å²) in [5, 5.41) is 8.34. The van der Waals surface area contributed by atoms with Crippen LogP contribution in [-0.4, -0.2) is 42.9 Å². The Hall–Kier alpha value is -1.22. The van der Waals surface area contributed by atoms with Crippen molar-refractivity contribution in [1.29, 1.82) is 0 Å². The first kappa shape index (κ1) is 16.2. The highest BCUT2D eigenvalue weighted by Gasteiger charge is 2.30. The number of carboxylic acids is 1. The highest BCUT2D eigenvalue weighted by molar-refractivity contribution is 7.89. The van der Waals surface area contributed by atoms with Gasteiger partial charge < -0.3 is 10.8 Å². The molecule has 0 aliphatic carbocycles. The van der Waals surface area contributed by atoms with Gasteiger partial charge >= 0.3 is 5.97 Å². The van der Waals surface area contributed by atoms with E-state index in [9.17, 15) is 17.6 Å². The van der Waals surface area contributed by atoms with E-state index in [0.717, 1.165) is 12.1 Å². The SMILES string of the molecule is NC1CCN(S(=O)(=O)c2cc(F)c(Cl)c(C(=O)O)c2)CC1. The van der Waals surface area contributed by atoms with Crippen molar-refractivity contribution in [3.63, 3.8) is 0 Å². The number of sulfonamides is 1. The molecule has 0 bridgehead atoms. The number of piperidine rings is 1. The minimum atomic E-state index is -3.96. The molecule has 0 radical (unpaired) electrons. The fraction of sp³-hybridized carbons (Fsp3) is 0.417. The summed E-state index contributed by atoms with van der Waals surface area (Å²) in [7, 11) is -3.96. The summed E-state index contributed by atoms with van der Waals surface area (Å²) in [5.41, 5.74) is 5.13. The number of nitrogens with two attached hydrogens (primary N) is 1. The largest absolute Gasteiger partial charge is 0.478 e. The minimum absolute atomic E-state index is 0.0621. The molecular formula is C12H14ClFN2O4S. The van der Waals surface area contributed by atoms with Crippen LogP contribution < -0.4 is 5.73 Å². The van der Waals surface area contributed by atoms with Crippen LogP contribution in [0.1, 0.15) is 23.2 Å². The number of nitrogens with zero attached hydrogens (tertiary/aromatic N) is 1. The molecule has 1 fully saturated rings. The molecule has 1 aromatic rings. The number of hydrogen-bond donors (Lipinski definition) is 2. The number of carbonyl (C=O) groups is 1. The van der Waals surface area contributed by atoms with Gasteiger partial charge in [0.15, 0.2) is 0 Å². The normalized spacial score (nSPS) is 17.9. The molecule has 3 N–H and O–H groups in total. The van der Waals surface area contributed by atoms with Crippen molar-refractivity contribution < 1.29 is 22.7 Å². The molecule has 0 aromatic heterocycles. The zero-order valence-corrected chi connectivity index (χ0v) is 12.5. The molecule has 1 aliphatic heterocycles. The van der Waals surface area contributed by atoms with Crippen molar-refractivity contribution in [2.45, 2.75) is 23.8 Å². The lowest BCUT2D eigenvalue weighted by Gasteiger charge is -2.29. The van der Waals surface area contributed by atoms with Gasteiger partial charge in [0.2, 0.25) is 10.0 Å². The molecule has 0 atom stereocenters. The van der Waals surface area contributed by atoms with E-state index < -0.39 is 37.3 Å². The summed E-state index contributed by atoms with van der Waals surface area (Å²) in [6, 6.07) is 1.55. The Balaban J connectivity index is 2.43. The molecule has 0 unspecified atom stereocenters. The summed E-state index contributed by atoms with van der Waals surface area (Å²) in [4.78, 5) is 10.6. The molecule has 6 nitrogen and oxygen atoms in total. The van der Waals surface area contributed by atoms with Crippen molar-refractivity contribution in [2.24, 2.45) is 5.73 Å². The molecule has 1 aliphatic rings. The molecule has 21 heavy (non-hydrogen) atoms. The lowest BCUT2D eigenvalue weighted by Crippen LogP contribution is -2.42. The molecule has 2 rings (SSSR count). The molecular weight excluding hydrogens is 323 g/mol. The number of benzene rings is 1. The van der Waals surface area contributed by atoms with Crippen LogP contribution >= 0.6 is 11.6 Å². The molecule has 0 amide bonds. The Morgan fingerprint density at radius 1 is 1.38 bits per heavy atom. The fourth-order valence-electron chi connectivity index (χ4n) is 2.13. The summed E-state index contributed by atoms with van der Waals surface area (Å²) in [6.45, 7) is 0.437. The molecule has 9 heteroatoms. The van der Waals surface area contributed by atoms with E-state index in [2.05, 4.69) is 0 Å². The molecule has 1 aromatic carbocycles. The summed E-state index contributed by atoms with van der Waals surface area (Å²) in [5.74, 6) is -2.57. The topological polar surface area (TPSA) is 101 Å². The average Bonchev–Trinajstić information content (AvgIpc) is 2.41. The van der Waals surface area contributed by atoms with Gasteiger partial charge in [0.05, 0.1) is 15.5 Å². The number of carboxylic acid groups (broad SMARTS) is 1. The van der Waals surface area contributed by atoms with E-state index in [1.165, 1.54) is 4.31 Å². The molecule has 0 saturated carbocycles. The van der Waals surface area contributed by atoms with Gasteiger partial charge in [-0.15, -0.1) is 0 Å². The van der Waals surface area contributed by atoms with E-state index in [0.29, 0.717) is 12.8 Å². The van der Waals surface area contributed by atoms with E-state index in [4.69, 9.17) is 22.4 Å². The van der Waals surface area contributed by atoms with Crippen LogP contribution in [0.3, 0.4) is 0 Å². The lowest BCUT2D eigenvalue weighted by atomic mass is 10.1. The number of rotatable bonds is 3. The first-order valence-corrected chi connectivity index (χ1v) is 8.03. The smallest absolute Gasteiger partial charge is 0.337 e. The second-order valence-electron chi connectivity index (χ2n) is 4.81. The van der Waals surface area contributed by atoms with Crippen molar-refractivity contribution in [3.8, 4) is 0 Å². The van der Waals surface area contributed by atoms with Gasteiger partial charge in [-0.1, -0.05) is 11.6 Å². The van der Waals surface area contributed by atoms with E-state index >= 15 is 0 Å². The van der Waals surface area contributed by atoms with Gasteiger partial charge in [-0.05, 0) is 25.0 Å². The zero-order chi connectivity index (χ0) is 15.8. The van der Waals surface area contributed by atoms with Crippen molar-refractivity contribution >= 4 is 27.6 Å². The minimum Gasteiger partial charge on any atom is -0.478 e. The highest BCUT2D eigenvalue weighted by atomic mass is 35.5. The molecule has 1 saturated heterocycles. The molecule has 0 spiro atoms. The summed E-state index contributed by atoms with van der Waals surface area (Å²) < 4.78 is 39.7. The average molecular weight is 337 g/mol. The quantitative estimate of drug-likeness (QED) is 0.866. The van der Waals surface area contributed by atoms with Gasteiger partial charge in [-0.3, -0.25) is 0 Å². The monoisotopic (exact) mass is 336 g/mol. The van der Waals surface area contributed by atoms with Gasteiger partial charge in [0.25, 0.3) is 0 Å². The van der Waals surface area contributed by atoms with Gasteiger partial charge in [-0.2, -0.15) is 4.31 Å². The number of aromatic carboxylic acids is 1. The van der Waals surface area contributed by atoms with Gasteiger partial charge in [0, 0.05) is 19.1 Å².